The number of hydrogen-bond acceptors (Lipinski definition) is 9. The molecule has 124 valence electrons. The van der Waals surface area contributed by atoms with Crippen molar-refractivity contribution in [3.8, 4) is 0 Å². The third-order valence-electron chi connectivity index (χ3n) is 2.30. The normalized spacial score (nSPS) is 11.0. The van der Waals surface area contributed by atoms with Gasteiger partial charge in [0.15, 0.2) is 15.0 Å². The molecule has 2 aromatic rings. The first-order valence-corrected chi connectivity index (χ1v) is 9.38. The molecule has 0 bridgehead atoms. The molecule has 0 aliphatic heterocycles. The van der Waals surface area contributed by atoms with E-state index in [0.29, 0.717) is 0 Å². The van der Waals surface area contributed by atoms with Crippen molar-refractivity contribution in [3.63, 3.8) is 0 Å². The zero-order valence-corrected chi connectivity index (χ0v) is 14.5. The Morgan fingerprint density at radius 1 is 1.35 bits per heavy atom. The molecule has 9 nitrogen and oxygen atoms in total. The van der Waals surface area contributed by atoms with E-state index in [1.54, 1.807) is 6.92 Å². The summed E-state index contributed by atoms with van der Waals surface area (Å²) in [6.07, 6.45) is 1.11. The predicted octanol–water partition coefficient (Wildman–Crippen LogP) is 1.54. The summed E-state index contributed by atoms with van der Waals surface area (Å²) in [5.74, 6) is -1.07. The minimum Gasteiger partial charge on any atom is -0.461 e. The second-order valence-electron chi connectivity index (χ2n) is 4.02. The molecule has 12 heteroatoms. The van der Waals surface area contributed by atoms with E-state index >= 15 is 0 Å². The first-order valence-electron chi connectivity index (χ1n) is 6.20. The van der Waals surface area contributed by atoms with Crippen LogP contribution < -0.4 is 10.0 Å². The van der Waals surface area contributed by atoms with Crippen LogP contribution in [0.3, 0.4) is 0 Å². The Bertz CT molecular complexity index is 826. The molecule has 0 saturated heterocycles. The van der Waals surface area contributed by atoms with Crippen molar-refractivity contribution in [1.29, 1.82) is 0 Å². The van der Waals surface area contributed by atoms with Gasteiger partial charge in [-0.2, -0.15) is 0 Å². The summed E-state index contributed by atoms with van der Waals surface area (Å²) in [5, 5.41) is 2.61. The number of esters is 1. The summed E-state index contributed by atoms with van der Waals surface area (Å²) in [6.45, 7) is 3.07. The average Bonchev–Trinajstić information content (AvgIpc) is 3.07. The first-order chi connectivity index (χ1) is 10.8. The molecule has 0 atom stereocenters. The number of rotatable bonds is 6. The highest BCUT2D eigenvalue weighted by atomic mass is 32.2. The largest absolute Gasteiger partial charge is 0.461 e. The molecule has 0 fully saturated rings. The predicted molar refractivity (Wildman–Crippen MR) is 85.3 cm³/mol. The quantitative estimate of drug-likeness (QED) is 0.732. The number of sulfonamides is 1. The number of nitrogens with zero attached hydrogens (tertiary/aromatic N) is 2. The molecule has 0 spiro atoms. The Morgan fingerprint density at radius 2 is 2.09 bits per heavy atom. The lowest BCUT2D eigenvalue weighted by molar-refractivity contribution is -0.114. The number of carbonyl (C=O) groups excluding carboxylic acids is 2. The number of hydrogen-bond donors (Lipinski definition) is 2. The Labute approximate surface area is 139 Å². The van der Waals surface area contributed by atoms with E-state index < -0.39 is 16.0 Å². The van der Waals surface area contributed by atoms with Gasteiger partial charge in [-0.15, -0.1) is 11.3 Å². The maximum Gasteiger partial charge on any atom is 0.360 e. The van der Waals surface area contributed by atoms with Crippen LogP contribution in [0, 0.1) is 0 Å². The van der Waals surface area contributed by atoms with Crippen LogP contribution in [0.4, 0.5) is 10.1 Å². The standard InChI is InChI=1S/C11H12N4O5S3/c1-3-20-10(17)8-9(21-5-13-8)15-23(18,19)7-4-12-11(22-7)14-6(2)16/h4-5,15H,3H2,1-2H3,(H,12,14,16). The number of ether oxygens (including phenoxy) is 1. The fourth-order valence-corrected chi connectivity index (χ4v) is 4.49. The third kappa shape index (κ3) is 4.24. The monoisotopic (exact) mass is 376 g/mol. The van der Waals surface area contributed by atoms with Crippen LogP contribution in [0.5, 0.6) is 0 Å². The van der Waals surface area contributed by atoms with Crippen molar-refractivity contribution < 1.29 is 22.7 Å². The zero-order valence-electron chi connectivity index (χ0n) is 12.0. The van der Waals surface area contributed by atoms with E-state index in [4.69, 9.17) is 4.74 Å². The molecular weight excluding hydrogens is 364 g/mol. The van der Waals surface area contributed by atoms with Gasteiger partial charge in [-0.3, -0.25) is 9.52 Å². The van der Waals surface area contributed by atoms with Gasteiger partial charge in [0.05, 0.1) is 18.3 Å². The minimum atomic E-state index is -3.95. The fourth-order valence-electron chi connectivity index (χ4n) is 1.43. The van der Waals surface area contributed by atoms with Crippen LogP contribution in [-0.4, -0.2) is 36.9 Å². The Balaban J connectivity index is 2.22. The van der Waals surface area contributed by atoms with Gasteiger partial charge < -0.3 is 10.1 Å². The molecule has 0 aliphatic carbocycles. The van der Waals surface area contributed by atoms with Gasteiger partial charge in [-0.1, -0.05) is 11.3 Å². The van der Waals surface area contributed by atoms with Crippen LogP contribution in [0.15, 0.2) is 15.9 Å². The third-order valence-corrected chi connectivity index (χ3v) is 5.89. The Morgan fingerprint density at radius 3 is 2.74 bits per heavy atom. The second-order valence-corrected chi connectivity index (χ2v) is 7.82. The maximum absolute atomic E-state index is 12.3. The first kappa shape index (κ1) is 17.3. The minimum absolute atomic E-state index is 0.0536. The molecule has 0 saturated carbocycles. The van der Waals surface area contributed by atoms with Crippen molar-refractivity contribution in [2.75, 3.05) is 16.6 Å². The highest BCUT2D eigenvalue weighted by Gasteiger charge is 2.24. The summed E-state index contributed by atoms with van der Waals surface area (Å²) in [7, 11) is -3.95. The molecule has 0 aliphatic rings. The number of amides is 1. The van der Waals surface area contributed by atoms with E-state index in [9.17, 15) is 18.0 Å². The summed E-state index contributed by atoms with van der Waals surface area (Å²) in [4.78, 5) is 30.3. The fraction of sp³-hybridized carbons (Fsp3) is 0.273. The van der Waals surface area contributed by atoms with Crippen LogP contribution in [0.1, 0.15) is 24.3 Å². The van der Waals surface area contributed by atoms with Crippen molar-refractivity contribution in [2.45, 2.75) is 18.1 Å². The number of anilines is 2. The van der Waals surface area contributed by atoms with Crippen LogP contribution in [-0.2, 0) is 19.6 Å². The van der Waals surface area contributed by atoms with E-state index in [1.165, 1.54) is 12.4 Å². The van der Waals surface area contributed by atoms with Crippen LogP contribution in [0.25, 0.3) is 0 Å². The molecule has 0 unspecified atom stereocenters. The lowest BCUT2D eigenvalue weighted by Gasteiger charge is -2.05. The van der Waals surface area contributed by atoms with Gasteiger partial charge in [-0.05, 0) is 6.92 Å². The highest BCUT2D eigenvalue weighted by molar-refractivity contribution is 7.95. The van der Waals surface area contributed by atoms with E-state index in [0.717, 1.165) is 28.9 Å². The van der Waals surface area contributed by atoms with Crippen LogP contribution >= 0.6 is 22.7 Å². The molecule has 2 aromatic heterocycles. The van der Waals surface area contributed by atoms with E-state index in [-0.39, 0.29) is 32.5 Å². The zero-order chi connectivity index (χ0) is 17.0. The van der Waals surface area contributed by atoms with E-state index in [1.807, 2.05) is 0 Å². The molecule has 2 heterocycles. The SMILES string of the molecule is CCOC(=O)c1ncsc1NS(=O)(=O)c1cnc(NC(C)=O)s1. The number of thiazole rings is 2. The number of aromatic nitrogens is 2. The van der Waals surface area contributed by atoms with Crippen molar-refractivity contribution in [1.82, 2.24) is 9.97 Å². The maximum atomic E-state index is 12.3. The van der Waals surface area contributed by atoms with Crippen molar-refractivity contribution in [2.24, 2.45) is 0 Å². The van der Waals surface area contributed by atoms with E-state index in [2.05, 4.69) is 20.0 Å². The second kappa shape index (κ2) is 7.02. The van der Waals surface area contributed by atoms with Gasteiger partial charge >= 0.3 is 5.97 Å². The van der Waals surface area contributed by atoms with Gasteiger partial charge in [-0.25, -0.2) is 23.2 Å². The summed E-state index contributed by atoms with van der Waals surface area (Å²) < 4.78 is 31.6. The Kier molecular flexibility index (Phi) is 5.28. The van der Waals surface area contributed by atoms with Crippen molar-refractivity contribution >= 4 is 54.7 Å². The smallest absolute Gasteiger partial charge is 0.360 e. The molecule has 23 heavy (non-hydrogen) atoms. The summed E-state index contributed by atoms with van der Waals surface area (Å²) >= 11 is 1.74. The average molecular weight is 376 g/mol. The molecule has 0 aromatic carbocycles. The van der Waals surface area contributed by atoms with Gasteiger partial charge in [0.25, 0.3) is 10.0 Å². The van der Waals surface area contributed by atoms with Gasteiger partial charge in [0.1, 0.15) is 5.00 Å². The molecule has 1 amide bonds. The topological polar surface area (TPSA) is 127 Å². The lowest BCUT2D eigenvalue weighted by atomic mass is 10.5. The number of nitrogens with one attached hydrogen (secondary N) is 2. The number of carbonyl (C=O) groups is 2. The van der Waals surface area contributed by atoms with Gasteiger partial charge in [0.2, 0.25) is 5.91 Å². The molecule has 2 rings (SSSR count). The lowest BCUT2D eigenvalue weighted by Crippen LogP contribution is -2.14. The molecular formula is C11H12N4O5S3. The molecule has 0 radical (unpaired) electrons. The highest BCUT2D eigenvalue weighted by Crippen LogP contribution is 2.28. The molecule has 2 N–H and O–H groups in total. The van der Waals surface area contributed by atoms with Crippen LogP contribution in [0.2, 0.25) is 0 Å². The summed E-state index contributed by atoms with van der Waals surface area (Å²) in [6, 6.07) is 0. The summed E-state index contributed by atoms with van der Waals surface area (Å²) in [5.41, 5.74) is 1.23. The van der Waals surface area contributed by atoms with Gasteiger partial charge in [0, 0.05) is 6.92 Å². The Hall–Kier alpha value is -2.05. The van der Waals surface area contributed by atoms with Crippen molar-refractivity contribution in [3.05, 3.63) is 17.4 Å².